The van der Waals surface area contributed by atoms with E-state index in [0.717, 1.165) is 17.5 Å². The Morgan fingerprint density at radius 2 is 1.61 bits per heavy atom. The van der Waals surface area contributed by atoms with E-state index in [1.165, 1.54) is 0 Å². The van der Waals surface area contributed by atoms with Crippen LogP contribution < -0.4 is 0 Å². The quantitative estimate of drug-likeness (QED) is 0.753. The van der Waals surface area contributed by atoms with Crippen LogP contribution in [0.15, 0.2) is 54.6 Å². The normalized spacial score (nSPS) is 10.1. The molecular formula is C15H14ClNO. The molecule has 92 valence electrons. The van der Waals surface area contributed by atoms with E-state index in [4.69, 9.17) is 11.6 Å². The molecule has 1 amide bonds. The zero-order chi connectivity index (χ0) is 12.8. The van der Waals surface area contributed by atoms with Crippen LogP contribution in [0.2, 0.25) is 5.02 Å². The molecule has 0 aliphatic rings. The van der Waals surface area contributed by atoms with Crippen molar-refractivity contribution in [2.45, 2.75) is 13.1 Å². The second-order valence-corrected chi connectivity index (χ2v) is 4.56. The van der Waals surface area contributed by atoms with Gasteiger partial charge in [-0.2, -0.15) is 0 Å². The first kappa shape index (κ1) is 12.7. The first-order valence-corrected chi connectivity index (χ1v) is 6.13. The van der Waals surface area contributed by atoms with Crippen LogP contribution in [0.4, 0.5) is 0 Å². The van der Waals surface area contributed by atoms with Crippen molar-refractivity contribution < 1.29 is 4.79 Å². The molecule has 3 heteroatoms. The predicted molar refractivity (Wildman–Crippen MR) is 73.2 cm³/mol. The number of hydrogen-bond donors (Lipinski definition) is 0. The lowest BCUT2D eigenvalue weighted by molar-refractivity contribution is -0.119. The molecule has 0 radical (unpaired) electrons. The second-order valence-electron chi connectivity index (χ2n) is 4.13. The Kier molecular flexibility index (Phi) is 4.37. The van der Waals surface area contributed by atoms with Crippen LogP contribution in [0.3, 0.4) is 0 Å². The third kappa shape index (κ3) is 3.60. The monoisotopic (exact) mass is 259 g/mol. The van der Waals surface area contributed by atoms with E-state index in [-0.39, 0.29) is 0 Å². The van der Waals surface area contributed by atoms with Crippen LogP contribution in [-0.2, 0) is 17.9 Å². The lowest BCUT2D eigenvalue weighted by Gasteiger charge is -2.17. The van der Waals surface area contributed by atoms with Crippen LogP contribution in [0.25, 0.3) is 0 Å². The minimum Gasteiger partial charge on any atom is -0.337 e. The Hall–Kier alpha value is -1.80. The van der Waals surface area contributed by atoms with E-state index < -0.39 is 0 Å². The van der Waals surface area contributed by atoms with Gasteiger partial charge in [-0.15, -0.1) is 0 Å². The summed E-state index contributed by atoms with van der Waals surface area (Å²) in [5.41, 5.74) is 2.15. The molecule has 0 unspecified atom stereocenters. The zero-order valence-electron chi connectivity index (χ0n) is 9.92. The number of carbonyl (C=O) groups excluding carboxylic acids is 1. The van der Waals surface area contributed by atoms with Gasteiger partial charge in [0.05, 0.1) is 0 Å². The largest absolute Gasteiger partial charge is 0.337 e. The fraction of sp³-hybridized carbons (Fsp3) is 0.133. The van der Waals surface area contributed by atoms with Gasteiger partial charge in [0, 0.05) is 18.1 Å². The summed E-state index contributed by atoms with van der Waals surface area (Å²) in [4.78, 5) is 12.8. The number of rotatable bonds is 5. The van der Waals surface area contributed by atoms with E-state index in [1.54, 1.807) is 4.90 Å². The van der Waals surface area contributed by atoms with Crippen molar-refractivity contribution in [1.82, 2.24) is 4.90 Å². The van der Waals surface area contributed by atoms with Crippen molar-refractivity contribution >= 4 is 18.0 Å². The van der Waals surface area contributed by atoms with Gasteiger partial charge < -0.3 is 4.90 Å². The van der Waals surface area contributed by atoms with Crippen LogP contribution in [0.5, 0.6) is 0 Å². The molecule has 18 heavy (non-hydrogen) atoms. The Balaban J connectivity index is 2.04. The van der Waals surface area contributed by atoms with Gasteiger partial charge in [0.15, 0.2) is 0 Å². The number of amides is 1. The summed E-state index contributed by atoms with van der Waals surface area (Å²) in [7, 11) is 0. The van der Waals surface area contributed by atoms with Gasteiger partial charge in [0.25, 0.3) is 0 Å². The number of benzene rings is 2. The Labute approximate surface area is 112 Å². The Bertz CT molecular complexity index is 513. The molecule has 0 bridgehead atoms. The third-order valence-corrected chi connectivity index (χ3v) is 2.89. The maximum absolute atomic E-state index is 11.1. The second kappa shape index (κ2) is 6.22. The molecule has 0 aliphatic heterocycles. The molecule has 0 aliphatic carbocycles. The maximum Gasteiger partial charge on any atom is 0.210 e. The molecule has 2 nitrogen and oxygen atoms in total. The first-order valence-electron chi connectivity index (χ1n) is 5.75. The van der Waals surface area contributed by atoms with Gasteiger partial charge >= 0.3 is 0 Å². The SMILES string of the molecule is O=CN(Cc1ccccc1)Cc1cccc(Cl)c1. The molecular weight excluding hydrogens is 246 g/mol. The topological polar surface area (TPSA) is 20.3 Å². The van der Waals surface area contributed by atoms with E-state index in [2.05, 4.69) is 0 Å². The summed E-state index contributed by atoms with van der Waals surface area (Å²) in [6.45, 7) is 1.18. The first-order chi connectivity index (χ1) is 8.78. The summed E-state index contributed by atoms with van der Waals surface area (Å²) < 4.78 is 0. The highest BCUT2D eigenvalue weighted by Gasteiger charge is 2.04. The molecule has 2 aromatic rings. The van der Waals surface area contributed by atoms with Gasteiger partial charge in [0.1, 0.15) is 0 Å². The summed E-state index contributed by atoms with van der Waals surface area (Å²) in [5.74, 6) is 0. The molecule has 0 saturated heterocycles. The average molecular weight is 260 g/mol. The van der Waals surface area contributed by atoms with Gasteiger partial charge in [0.2, 0.25) is 6.41 Å². The molecule has 0 aromatic heterocycles. The molecule has 0 spiro atoms. The molecule has 0 heterocycles. The summed E-state index contributed by atoms with van der Waals surface area (Å²) in [5, 5.41) is 0.693. The molecule has 2 aromatic carbocycles. The van der Waals surface area contributed by atoms with Gasteiger partial charge in [-0.3, -0.25) is 4.79 Å². The molecule has 2 rings (SSSR count). The fourth-order valence-corrected chi connectivity index (χ4v) is 2.03. The van der Waals surface area contributed by atoms with Crippen LogP contribution in [0, 0.1) is 0 Å². The number of halogens is 1. The summed E-state index contributed by atoms with van der Waals surface area (Å²) in [6, 6.07) is 17.5. The molecule has 0 N–H and O–H groups in total. The van der Waals surface area contributed by atoms with E-state index in [1.807, 2.05) is 54.6 Å². The third-order valence-electron chi connectivity index (χ3n) is 2.65. The minimum absolute atomic E-state index is 0.568. The van der Waals surface area contributed by atoms with Crippen LogP contribution in [-0.4, -0.2) is 11.3 Å². The lowest BCUT2D eigenvalue weighted by Crippen LogP contribution is -2.20. The standard InChI is InChI=1S/C15H14ClNO/c16-15-8-4-7-14(9-15)11-17(12-18)10-13-5-2-1-3-6-13/h1-9,12H,10-11H2. The van der Waals surface area contributed by atoms with Crippen molar-refractivity contribution in [1.29, 1.82) is 0 Å². The molecule has 0 atom stereocenters. The Morgan fingerprint density at radius 1 is 0.944 bits per heavy atom. The van der Waals surface area contributed by atoms with E-state index in [9.17, 15) is 4.79 Å². The van der Waals surface area contributed by atoms with Crippen molar-refractivity contribution in [2.75, 3.05) is 0 Å². The number of nitrogens with zero attached hydrogens (tertiary/aromatic N) is 1. The summed E-state index contributed by atoms with van der Waals surface area (Å²) >= 11 is 5.92. The molecule has 0 fully saturated rings. The van der Waals surface area contributed by atoms with Crippen molar-refractivity contribution in [2.24, 2.45) is 0 Å². The van der Waals surface area contributed by atoms with Crippen molar-refractivity contribution in [3.8, 4) is 0 Å². The average Bonchev–Trinajstić information content (AvgIpc) is 2.39. The van der Waals surface area contributed by atoms with Crippen molar-refractivity contribution in [3.63, 3.8) is 0 Å². The highest BCUT2D eigenvalue weighted by atomic mass is 35.5. The number of hydrogen-bond acceptors (Lipinski definition) is 1. The lowest BCUT2D eigenvalue weighted by atomic mass is 10.2. The van der Waals surface area contributed by atoms with Gasteiger partial charge in [-0.25, -0.2) is 0 Å². The fourth-order valence-electron chi connectivity index (χ4n) is 1.82. The van der Waals surface area contributed by atoms with Gasteiger partial charge in [-0.05, 0) is 23.3 Å². The highest BCUT2D eigenvalue weighted by molar-refractivity contribution is 6.30. The van der Waals surface area contributed by atoms with Gasteiger partial charge in [-0.1, -0.05) is 54.1 Å². The smallest absolute Gasteiger partial charge is 0.210 e. The van der Waals surface area contributed by atoms with Crippen LogP contribution in [0.1, 0.15) is 11.1 Å². The minimum atomic E-state index is 0.568. The van der Waals surface area contributed by atoms with E-state index >= 15 is 0 Å². The highest BCUT2D eigenvalue weighted by Crippen LogP contribution is 2.13. The predicted octanol–water partition coefficient (Wildman–Crippen LogP) is 3.50. The zero-order valence-corrected chi connectivity index (χ0v) is 10.7. The van der Waals surface area contributed by atoms with E-state index in [0.29, 0.717) is 18.1 Å². The Morgan fingerprint density at radius 3 is 2.28 bits per heavy atom. The van der Waals surface area contributed by atoms with Crippen LogP contribution >= 0.6 is 11.6 Å². The maximum atomic E-state index is 11.1. The summed E-state index contributed by atoms with van der Waals surface area (Å²) in [6.07, 6.45) is 0.869. The van der Waals surface area contributed by atoms with Crippen molar-refractivity contribution in [3.05, 3.63) is 70.7 Å². The molecule has 0 saturated carbocycles. The number of carbonyl (C=O) groups is 1.